The van der Waals surface area contributed by atoms with Gasteiger partial charge in [0.05, 0.1) is 26.2 Å². The van der Waals surface area contributed by atoms with E-state index in [-0.39, 0.29) is 12.1 Å². The first-order valence-electron chi connectivity index (χ1n) is 8.39. The fraction of sp³-hybridized carbons (Fsp3) is 0.611. The van der Waals surface area contributed by atoms with Crippen LogP contribution < -0.4 is 4.90 Å². The van der Waals surface area contributed by atoms with Gasteiger partial charge in [0.15, 0.2) is 6.10 Å². The van der Waals surface area contributed by atoms with Gasteiger partial charge in [-0.3, -0.25) is 0 Å². The van der Waals surface area contributed by atoms with Gasteiger partial charge in [-0.1, -0.05) is 24.3 Å². The Hall–Kier alpha value is -1.39. The minimum absolute atomic E-state index is 0.0710. The van der Waals surface area contributed by atoms with Crippen LogP contribution in [-0.2, 0) is 20.7 Å². The highest BCUT2D eigenvalue weighted by Gasteiger charge is 2.29. The summed E-state index contributed by atoms with van der Waals surface area (Å²) in [6.07, 6.45) is 1.12. The van der Waals surface area contributed by atoms with Crippen molar-refractivity contribution in [1.29, 1.82) is 0 Å². The lowest BCUT2D eigenvalue weighted by atomic mass is 9.98. The van der Waals surface area contributed by atoms with Gasteiger partial charge in [-0.05, 0) is 38.3 Å². The van der Waals surface area contributed by atoms with Crippen molar-refractivity contribution in [2.45, 2.75) is 45.8 Å². The summed E-state index contributed by atoms with van der Waals surface area (Å²) in [7, 11) is 0. The molecule has 1 N–H and O–H groups in total. The zero-order chi connectivity index (χ0) is 15.9. The maximum Gasteiger partial charge on any atom is 0.340 e. The lowest BCUT2D eigenvalue weighted by Crippen LogP contribution is -3.11. The minimum atomic E-state index is -0.562. The number of ether oxygens (including phenoxy) is 2. The summed E-state index contributed by atoms with van der Waals surface area (Å²) in [4.78, 5) is 13.9. The zero-order valence-corrected chi connectivity index (χ0v) is 13.9. The van der Waals surface area contributed by atoms with Gasteiger partial charge in [0.25, 0.3) is 0 Å². The van der Waals surface area contributed by atoms with Crippen molar-refractivity contribution >= 4 is 5.97 Å². The van der Waals surface area contributed by atoms with Crippen molar-refractivity contribution in [2.75, 3.05) is 26.2 Å². The van der Waals surface area contributed by atoms with E-state index in [0.717, 1.165) is 38.0 Å². The van der Waals surface area contributed by atoms with E-state index in [4.69, 9.17) is 9.47 Å². The van der Waals surface area contributed by atoms with Crippen molar-refractivity contribution in [3.05, 3.63) is 35.4 Å². The second-order valence-corrected chi connectivity index (χ2v) is 5.94. The van der Waals surface area contributed by atoms with Crippen LogP contribution in [-0.4, -0.2) is 38.3 Å². The van der Waals surface area contributed by atoms with Gasteiger partial charge >= 0.3 is 5.97 Å². The van der Waals surface area contributed by atoms with Crippen molar-refractivity contribution in [1.82, 2.24) is 0 Å². The van der Waals surface area contributed by atoms with Crippen LogP contribution in [0.1, 0.15) is 44.4 Å². The van der Waals surface area contributed by atoms with Crippen LogP contribution in [0.2, 0.25) is 0 Å². The highest BCUT2D eigenvalue weighted by molar-refractivity contribution is 5.77. The van der Waals surface area contributed by atoms with Crippen molar-refractivity contribution in [2.24, 2.45) is 0 Å². The molecule has 4 nitrogen and oxygen atoms in total. The predicted molar refractivity (Wildman–Crippen MR) is 85.9 cm³/mol. The molecule has 22 heavy (non-hydrogen) atoms. The van der Waals surface area contributed by atoms with E-state index in [9.17, 15) is 4.79 Å². The van der Waals surface area contributed by atoms with E-state index in [0.29, 0.717) is 6.61 Å². The van der Waals surface area contributed by atoms with Gasteiger partial charge in [-0.15, -0.1) is 0 Å². The summed E-state index contributed by atoms with van der Waals surface area (Å²) in [5.74, 6) is -0.255. The molecule has 0 fully saturated rings. The van der Waals surface area contributed by atoms with Crippen LogP contribution in [0.3, 0.4) is 0 Å². The second-order valence-electron chi connectivity index (χ2n) is 5.94. The maximum atomic E-state index is 12.4. The molecule has 1 aromatic rings. The third-order valence-corrected chi connectivity index (χ3v) is 4.43. The Morgan fingerprint density at radius 1 is 1.36 bits per heavy atom. The fourth-order valence-corrected chi connectivity index (χ4v) is 2.92. The van der Waals surface area contributed by atoms with Crippen molar-refractivity contribution in [3.8, 4) is 0 Å². The number of carbonyl (C=O) groups is 1. The molecule has 2 rings (SSSR count). The summed E-state index contributed by atoms with van der Waals surface area (Å²) in [6, 6.07) is 7.97. The number of rotatable bonds is 7. The Labute approximate surface area is 133 Å². The Kier molecular flexibility index (Phi) is 6.40. The molecule has 0 saturated carbocycles. The Morgan fingerprint density at radius 3 is 2.82 bits per heavy atom. The quantitative estimate of drug-likeness (QED) is 0.777. The van der Waals surface area contributed by atoms with Gasteiger partial charge in [0.2, 0.25) is 0 Å². The van der Waals surface area contributed by atoms with Crippen LogP contribution in [0.25, 0.3) is 0 Å². The topological polar surface area (TPSA) is 40.0 Å². The fourth-order valence-electron chi connectivity index (χ4n) is 2.92. The van der Waals surface area contributed by atoms with E-state index in [1.807, 2.05) is 25.1 Å². The second kappa shape index (κ2) is 8.30. The SMILES string of the molecule is CC[NH+](CC)CC[C@@H](C)OC(=O)[C@H]1OCCc2ccccc21. The zero-order valence-electron chi connectivity index (χ0n) is 13.9. The number of quaternary nitrogens is 1. The first-order valence-corrected chi connectivity index (χ1v) is 8.39. The Morgan fingerprint density at radius 2 is 2.09 bits per heavy atom. The number of esters is 1. The van der Waals surface area contributed by atoms with E-state index in [1.54, 1.807) is 0 Å². The van der Waals surface area contributed by atoms with Crippen LogP contribution in [0.5, 0.6) is 0 Å². The third-order valence-electron chi connectivity index (χ3n) is 4.43. The third kappa shape index (κ3) is 4.31. The lowest BCUT2D eigenvalue weighted by Gasteiger charge is -2.26. The predicted octanol–water partition coefficient (Wildman–Crippen LogP) is 1.55. The van der Waals surface area contributed by atoms with Gasteiger partial charge < -0.3 is 14.4 Å². The summed E-state index contributed by atoms with van der Waals surface area (Å²) in [5, 5.41) is 0. The molecule has 0 saturated heterocycles. The smallest absolute Gasteiger partial charge is 0.340 e. The van der Waals surface area contributed by atoms with Crippen molar-refractivity contribution < 1.29 is 19.2 Å². The Bertz CT molecular complexity index is 485. The number of hydrogen-bond acceptors (Lipinski definition) is 3. The molecule has 1 aliphatic rings. The number of hydrogen-bond donors (Lipinski definition) is 1. The van der Waals surface area contributed by atoms with Crippen LogP contribution in [0.4, 0.5) is 0 Å². The molecule has 1 aliphatic heterocycles. The van der Waals surface area contributed by atoms with Crippen LogP contribution in [0.15, 0.2) is 24.3 Å². The Balaban J connectivity index is 1.90. The molecule has 0 spiro atoms. The summed E-state index contributed by atoms with van der Waals surface area (Å²) >= 11 is 0. The highest BCUT2D eigenvalue weighted by Crippen LogP contribution is 2.28. The molecule has 0 bridgehead atoms. The van der Waals surface area contributed by atoms with Gasteiger partial charge in [0.1, 0.15) is 6.10 Å². The average molecular weight is 306 g/mol. The molecule has 0 radical (unpaired) electrons. The molecule has 0 amide bonds. The van der Waals surface area contributed by atoms with E-state index in [1.165, 1.54) is 10.5 Å². The molecule has 1 heterocycles. The monoisotopic (exact) mass is 306 g/mol. The molecule has 4 heteroatoms. The number of fused-ring (bicyclic) bond motifs is 1. The molecule has 0 aromatic heterocycles. The number of carbonyl (C=O) groups excluding carboxylic acids is 1. The molecular formula is C18H28NO3+. The van der Waals surface area contributed by atoms with Crippen LogP contribution >= 0.6 is 0 Å². The first-order chi connectivity index (χ1) is 10.7. The van der Waals surface area contributed by atoms with E-state index < -0.39 is 6.10 Å². The van der Waals surface area contributed by atoms with Gasteiger partial charge in [0, 0.05) is 6.42 Å². The molecule has 122 valence electrons. The standard InChI is InChI=1S/C18H27NO3/c1-4-19(5-2)12-10-14(3)22-18(20)17-16-9-7-6-8-15(16)11-13-21-17/h6-9,14,17H,4-5,10-13H2,1-3H3/p+1/t14-,17+/m1/s1. The lowest BCUT2D eigenvalue weighted by molar-refractivity contribution is -0.896. The molecular weight excluding hydrogens is 278 g/mol. The maximum absolute atomic E-state index is 12.4. The van der Waals surface area contributed by atoms with E-state index >= 15 is 0 Å². The summed E-state index contributed by atoms with van der Waals surface area (Å²) in [6.45, 7) is 10.2. The summed E-state index contributed by atoms with van der Waals surface area (Å²) in [5.41, 5.74) is 2.15. The van der Waals surface area contributed by atoms with Crippen molar-refractivity contribution in [3.63, 3.8) is 0 Å². The average Bonchev–Trinajstić information content (AvgIpc) is 2.55. The van der Waals surface area contributed by atoms with E-state index in [2.05, 4.69) is 19.9 Å². The first kappa shape index (κ1) is 17.0. The van der Waals surface area contributed by atoms with Gasteiger partial charge in [-0.25, -0.2) is 4.79 Å². The number of benzene rings is 1. The number of nitrogens with one attached hydrogen (secondary N) is 1. The highest BCUT2D eigenvalue weighted by atomic mass is 16.6. The largest absolute Gasteiger partial charge is 0.460 e. The molecule has 0 unspecified atom stereocenters. The van der Waals surface area contributed by atoms with Gasteiger partial charge in [-0.2, -0.15) is 0 Å². The molecule has 0 aliphatic carbocycles. The normalized spacial score (nSPS) is 18.8. The molecule has 1 aromatic carbocycles. The summed E-state index contributed by atoms with van der Waals surface area (Å²) < 4.78 is 11.3. The van der Waals surface area contributed by atoms with Crippen LogP contribution in [0, 0.1) is 0 Å². The molecule has 2 atom stereocenters. The minimum Gasteiger partial charge on any atom is -0.460 e.